The van der Waals surface area contributed by atoms with E-state index >= 15 is 0 Å². The van der Waals surface area contributed by atoms with Gasteiger partial charge < -0.3 is 40.7 Å². The molecule has 0 saturated carbocycles. The Bertz CT molecular complexity index is 1200. The van der Waals surface area contributed by atoms with Gasteiger partial charge in [0.05, 0.1) is 12.9 Å². The van der Waals surface area contributed by atoms with Gasteiger partial charge >= 0.3 is 0 Å². The molecule has 37 heavy (non-hydrogen) atoms. The van der Waals surface area contributed by atoms with Gasteiger partial charge in [0.15, 0.2) is 24.3 Å². The lowest BCUT2D eigenvalue weighted by Crippen LogP contribution is -2.34. The fourth-order valence-corrected chi connectivity index (χ4v) is 4.20. The van der Waals surface area contributed by atoms with Crippen LogP contribution in [0.3, 0.4) is 0 Å². The number of nitrogens with two attached hydrogens (primary N) is 1. The summed E-state index contributed by atoms with van der Waals surface area (Å²) in [5.41, 5.74) is 7.77. The Balaban J connectivity index is 1.36. The van der Waals surface area contributed by atoms with Gasteiger partial charge in [-0.2, -0.15) is 9.97 Å². The number of rotatable bonds is 11. The number of benzene rings is 1. The minimum absolute atomic E-state index is 0.00292. The molecule has 1 fully saturated rings. The molecule has 1 aliphatic heterocycles. The van der Waals surface area contributed by atoms with Crippen LogP contribution < -0.4 is 15.8 Å². The number of aromatic nitrogens is 4. The van der Waals surface area contributed by atoms with Gasteiger partial charge in [-0.3, -0.25) is 9.36 Å². The molecule has 13 heteroatoms. The number of aliphatic hydroxyl groups excluding tert-OH is 3. The zero-order valence-corrected chi connectivity index (χ0v) is 20.8. The topological polar surface area (TPSA) is 181 Å². The monoisotopic (exact) mass is 515 g/mol. The van der Waals surface area contributed by atoms with Crippen LogP contribution in [0.4, 0.5) is 11.8 Å². The number of ether oxygens (including phenoxy) is 2. The maximum absolute atomic E-state index is 12.1. The predicted octanol–water partition coefficient (Wildman–Crippen LogP) is -0.0782. The molecular formula is C24H33N7O6. The van der Waals surface area contributed by atoms with E-state index in [9.17, 15) is 20.1 Å². The van der Waals surface area contributed by atoms with E-state index in [0.29, 0.717) is 43.0 Å². The summed E-state index contributed by atoms with van der Waals surface area (Å²) in [5.74, 6) is 0.998. The van der Waals surface area contributed by atoms with Crippen LogP contribution in [-0.4, -0.2) is 96.8 Å². The van der Waals surface area contributed by atoms with Gasteiger partial charge in [-0.05, 0) is 38.0 Å². The summed E-state index contributed by atoms with van der Waals surface area (Å²) in [6.45, 7) is 5.24. The molecule has 3 aromatic rings. The Morgan fingerprint density at radius 2 is 1.92 bits per heavy atom. The Morgan fingerprint density at radius 3 is 2.57 bits per heavy atom. The van der Waals surface area contributed by atoms with Crippen molar-refractivity contribution in [3.8, 4) is 5.75 Å². The van der Waals surface area contributed by atoms with Crippen LogP contribution in [0, 0.1) is 0 Å². The van der Waals surface area contributed by atoms with Crippen LogP contribution in [-0.2, 0) is 16.0 Å². The molecule has 13 nitrogen and oxygen atoms in total. The second kappa shape index (κ2) is 11.7. The summed E-state index contributed by atoms with van der Waals surface area (Å²) in [7, 11) is 0. The highest BCUT2D eigenvalue weighted by Crippen LogP contribution is 2.32. The zero-order valence-electron chi connectivity index (χ0n) is 20.8. The SMILES string of the molecule is CCN(CC)C(=O)COc1ccc(CCNc2nc(N)c3ncn([C@@H]4O[C@H](CO)[C@@H](O)[C@H]4O)c3n2)cc1. The highest BCUT2D eigenvalue weighted by Gasteiger charge is 2.44. The Kier molecular flexibility index (Phi) is 8.38. The third kappa shape index (κ3) is 5.74. The minimum atomic E-state index is -1.27. The lowest BCUT2D eigenvalue weighted by atomic mass is 10.1. The van der Waals surface area contributed by atoms with Gasteiger partial charge in [-0.15, -0.1) is 0 Å². The van der Waals surface area contributed by atoms with Crippen molar-refractivity contribution in [3.05, 3.63) is 36.2 Å². The molecule has 4 rings (SSSR count). The number of nitrogen functional groups attached to an aromatic ring is 1. The van der Waals surface area contributed by atoms with Gasteiger partial charge in [0.2, 0.25) is 5.95 Å². The number of hydrogen-bond acceptors (Lipinski definition) is 11. The molecule has 1 saturated heterocycles. The van der Waals surface area contributed by atoms with Gasteiger partial charge in [0.25, 0.3) is 5.91 Å². The van der Waals surface area contributed by atoms with E-state index in [1.807, 2.05) is 38.1 Å². The second-order valence-corrected chi connectivity index (χ2v) is 8.66. The van der Waals surface area contributed by atoms with Gasteiger partial charge in [0.1, 0.15) is 29.6 Å². The summed E-state index contributed by atoms with van der Waals surface area (Å²) < 4.78 is 12.7. The molecule has 3 heterocycles. The molecule has 0 bridgehead atoms. The average Bonchev–Trinajstić information content (AvgIpc) is 3.45. The van der Waals surface area contributed by atoms with Gasteiger partial charge in [-0.1, -0.05) is 12.1 Å². The Labute approximate surface area is 213 Å². The zero-order chi connectivity index (χ0) is 26.5. The highest BCUT2D eigenvalue weighted by atomic mass is 16.6. The summed E-state index contributed by atoms with van der Waals surface area (Å²) >= 11 is 0. The summed E-state index contributed by atoms with van der Waals surface area (Å²) in [6, 6.07) is 7.50. The number of likely N-dealkylation sites (N-methyl/N-ethyl adjacent to an activating group) is 1. The van der Waals surface area contributed by atoms with Crippen molar-refractivity contribution >= 4 is 28.8 Å². The first-order chi connectivity index (χ1) is 17.9. The lowest BCUT2D eigenvalue weighted by molar-refractivity contribution is -0.132. The number of anilines is 2. The molecule has 2 aromatic heterocycles. The summed E-state index contributed by atoms with van der Waals surface area (Å²) in [4.78, 5) is 26.7. The van der Waals surface area contributed by atoms with E-state index < -0.39 is 31.1 Å². The van der Waals surface area contributed by atoms with Crippen LogP contribution in [0.25, 0.3) is 11.2 Å². The van der Waals surface area contributed by atoms with Crippen molar-refractivity contribution in [2.24, 2.45) is 0 Å². The van der Waals surface area contributed by atoms with Gasteiger partial charge in [0, 0.05) is 19.6 Å². The number of carbonyl (C=O) groups is 1. The van der Waals surface area contributed by atoms with Crippen LogP contribution in [0.5, 0.6) is 5.75 Å². The molecule has 1 aliphatic rings. The maximum Gasteiger partial charge on any atom is 0.260 e. The third-order valence-electron chi connectivity index (χ3n) is 6.34. The highest BCUT2D eigenvalue weighted by molar-refractivity contribution is 5.83. The molecule has 200 valence electrons. The number of amides is 1. The van der Waals surface area contributed by atoms with E-state index in [1.165, 1.54) is 10.9 Å². The molecule has 1 amide bonds. The number of hydrogen-bond donors (Lipinski definition) is 5. The van der Waals surface area contributed by atoms with E-state index in [2.05, 4.69) is 20.3 Å². The molecule has 0 aliphatic carbocycles. The number of fused-ring (bicyclic) bond motifs is 1. The molecule has 1 aromatic carbocycles. The maximum atomic E-state index is 12.1. The Hall–Kier alpha value is -3.52. The number of aliphatic hydroxyl groups is 3. The van der Waals surface area contributed by atoms with Crippen molar-refractivity contribution in [3.63, 3.8) is 0 Å². The van der Waals surface area contributed by atoms with Crippen LogP contribution in [0.1, 0.15) is 25.6 Å². The number of carbonyl (C=O) groups excluding carboxylic acids is 1. The Morgan fingerprint density at radius 1 is 1.19 bits per heavy atom. The van der Waals surface area contributed by atoms with E-state index in [4.69, 9.17) is 15.2 Å². The first-order valence-corrected chi connectivity index (χ1v) is 12.2. The largest absolute Gasteiger partial charge is 0.484 e. The third-order valence-corrected chi connectivity index (χ3v) is 6.34. The summed E-state index contributed by atoms with van der Waals surface area (Å²) in [5, 5.41) is 33.0. The lowest BCUT2D eigenvalue weighted by Gasteiger charge is -2.18. The van der Waals surface area contributed by atoms with Crippen molar-refractivity contribution in [1.82, 2.24) is 24.4 Å². The van der Waals surface area contributed by atoms with Crippen molar-refractivity contribution in [2.45, 2.75) is 44.8 Å². The minimum Gasteiger partial charge on any atom is -0.484 e. The quantitative estimate of drug-likeness (QED) is 0.230. The van der Waals surface area contributed by atoms with Crippen LogP contribution in [0.15, 0.2) is 30.6 Å². The smallest absolute Gasteiger partial charge is 0.260 e. The first kappa shape index (κ1) is 26.5. The van der Waals surface area contributed by atoms with Crippen LogP contribution >= 0.6 is 0 Å². The first-order valence-electron chi connectivity index (χ1n) is 12.2. The molecule has 0 unspecified atom stereocenters. The van der Waals surface area contributed by atoms with Crippen molar-refractivity contribution < 1.29 is 29.6 Å². The van der Waals surface area contributed by atoms with E-state index in [1.54, 1.807) is 4.90 Å². The van der Waals surface area contributed by atoms with Gasteiger partial charge in [-0.25, -0.2) is 4.98 Å². The average molecular weight is 516 g/mol. The molecule has 0 spiro atoms. The molecule has 4 atom stereocenters. The van der Waals surface area contributed by atoms with E-state index in [0.717, 1.165) is 5.56 Å². The van der Waals surface area contributed by atoms with Crippen molar-refractivity contribution in [1.29, 1.82) is 0 Å². The second-order valence-electron chi connectivity index (χ2n) is 8.66. The van der Waals surface area contributed by atoms with E-state index in [-0.39, 0.29) is 24.3 Å². The number of nitrogens with zero attached hydrogens (tertiary/aromatic N) is 5. The van der Waals surface area contributed by atoms with Crippen LogP contribution in [0.2, 0.25) is 0 Å². The number of imidazole rings is 1. The predicted molar refractivity (Wildman–Crippen MR) is 135 cm³/mol. The fourth-order valence-electron chi connectivity index (χ4n) is 4.20. The normalized spacial score (nSPS) is 21.3. The standard InChI is InChI=1S/C24H33N7O6/c1-3-30(4-2)17(33)12-36-15-7-5-14(6-8-15)9-10-26-24-28-21(25)18-22(29-24)31(13-27-18)23-20(35)19(34)16(11-32)37-23/h5-8,13,16,19-20,23,32,34-35H,3-4,9-12H2,1-2H3,(H3,25,26,28,29)/t16-,19-,20-,23-/m1/s1. The number of nitrogens with one attached hydrogen (secondary N) is 1. The molecular weight excluding hydrogens is 482 g/mol. The molecule has 6 N–H and O–H groups in total. The fraction of sp³-hybridized carbons (Fsp3) is 0.500. The molecule has 0 radical (unpaired) electrons. The summed E-state index contributed by atoms with van der Waals surface area (Å²) in [6.07, 6.45) is -2.36. The van der Waals surface area contributed by atoms with Crippen molar-refractivity contribution in [2.75, 3.05) is 43.9 Å².